The van der Waals surface area contributed by atoms with Crippen molar-refractivity contribution < 1.29 is 23.1 Å². The Morgan fingerprint density at radius 3 is 2.67 bits per heavy atom. The molecule has 0 spiro atoms. The maximum atomic E-state index is 12.6. The third-order valence-electron chi connectivity index (χ3n) is 2.61. The standard InChI is InChI=1S/C13H8BrF3N2O2/c14-9-6-18-10(19-11(9)12(20)21)5-7-2-1-3-8(4-7)13(15,16)17/h1-4,6H,5H2,(H,20,21). The third-order valence-corrected chi connectivity index (χ3v) is 3.19. The smallest absolute Gasteiger partial charge is 0.416 e. The minimum atomic E-state index is -4.43. The Hall–Kier alpha value is -1.96. The van der Waals surface area contributed by atoms with Crippen molar-refractivity contribution in [3.05, 3.63) is 57.6 Å². The highest BCUT2D eigenvalue weighted by Gasteiger charge is 2.30. The van der Waals surface area contributed by atoms with Gasteiger partial charge in [0.15, 0.2) is 5.69 Å². The summed E-state index contributed by atoms with van der Waals surface area (Å²) < 4.78 is 38.1. The first-order valence-electron chi connectivity index (χ1n) is 5.68. The van der Waals surface area contributed by atoms with Crippen LogP contribution in [0.15, 0.2) is 34.9 Å². The van der Waals surface area contributed by atoms with Gasteiger partial charge in [-0.2, -0.15) is 13.2 Å². The molecule has 4 nitrogen and oxygen atoms in total. The van der Waals surface area contributed by atoms with E-state index in [0.29, 0.717) is 5.56 Å². The van der Waals surface area contributed by atoms with Gasteiger partial charge in [-0.05, 0) is 27.6 Å². The summed E-state index contributed by atoms with van der Waals surface area (Å²) in [4.78, 5) is 18.7. The first kappa shape index (κ1) is 15.4. The van der Waals surface area contributed by atoms with Crippen LogP contribution in [0, 0.1) is 0 Å². The zero-order chi connectivity index (χ0) is 15.6. The molecule has 0 atom stereocenters. The van der Waals surface area contributed by atoms with Crippen LogP contribution in [0.2, 0.25) is 0 Å². The molecular formula is C13H8BrF3N2O2. The molecule has 110 valence electrons. The summed E-state index contributed by atoms with van der Waals surface area (Å²) in [6.07, 6.45) is -3.15. The van der Waals surface area contributed by atoms with E-state index in [1.807, 2.05) is 0 Å². The van der Waals surface area contributed by atoms with Gasteiger partial charge in [0.25, 0.3) is 0 Å². The molecule has 0 aliphatic heterocycles. The predicted octanol–water partition coefficient (Wildman–Crippen LogP) is 3.55. The van der Waals surface area contributed by atoms with Crippen LogP contribution in [-0.4, -0.2) is 21.0 Å². The number of hydrogen-bond donors (Lipinski definition) is 1. The van der Waals surface area contributed by atoms with Crippen molar-refractivity contribution in [2.24, 2.45) is 0 Å². The highest BCUT2D eigenvalue weighted by atomic mass is 79.9. The van der Waals surface area contributed by atoms with Crippen LogP contribution >= 0.6 is 15.9 Å². The highest BCUT2D eigenvalue weighted by Crippen LogP contribution is 2.29. The second-order valence-electron chi connectivity index (χ2n) is 4.16. The van der Waals surface area contributed by atoms with Gasteiger partial charge in [0, 0.05) is 12.6 Å². The maximum absolute atomic E-state index is 12.6. The van der Waals surface area contributed by atoms with E-state index in [-0.39, 0.29) is 22.4 Å². The molecule has 1 aromatic carbocycles. The van der Waals surface area contributed by atoms with Crippen molar-refractivity contribution in [1.29, 1.82) is 0 Å². The molecular weight excluding hydrogens is 353 g/mol. The molecule has 21 heavy (non-hydrogen) atoms. The number of alkyl halides is 3. The topological polar surface area (TPSA) is 63.1 Å². The van der Waals surface area contributed by atoms with Crippen molar-refractivity contribution in [2.45, 2.75) is 12.6 Å². The number of benzene rings is 1. The molecule has 0 amide bonds. The number of nitrogens with zero attached hydrogens (tertiary/aromatic N) is 2. The molecule has 2 rings (SSSR count). The van der Waals surface area contributed by atoms with Crippen molar-refractivity contribution in [3.8, 4) is 0 Å². The summed E-state index contributed by atoms with van der Waals surface area (Å²) in [7, 11) is 0. The van der Waals surface area contributed by atoms with Crippen molar-refractivity contribution in [3.63, 3.8) is 0 Å². The minimum absolute atomic E-state index is 0.0114. The fourth-order valence-corrected chi connectivity index (χ4v) is 2.04. The van der Waals surface area contributed by atoms with Crippen LogP contribution in [0.25, 0.3) is 0 Å². The van der Waals surface area contributed by atoms with E-state index in [2.05, 4.69) is 25.9 Å². The first-order valence-corrected chi connectivity index (χ1v) is 6.47. The molecule has 0 bridgehead atoms. The van der Waals surface area contributed by atoms with Crippen LogP contribution < -0.4 is 0 Å². The summed E-state index contributed by atoms with van der Waals surface area (Å²) in [6, 6.07) is 4.75. The molecule has 0 aliphatic rings. The summed E-state index contributed by atoms with van der Waals surface area (Å²) in [5.41, 5.74) is -0.647. The number of carboxylic acids is 1. The zero-order valence-corrected chi connectivity index (χ0v) is 11.9. The van der Waals surface area contributed by atoms with Gasteiger partial charge in [0.05, 0.1) is 10.0 Å². The Morgan fingerprint density at radius 1 is 1.33 bits per heavy atom. The quantitative estimate of drug-likeness (QED) is 0.908. The minimum Gasteiger partial charge on any atom is -0.476 e. The maximum Gasteiger partial charge on any atom is 0.416 e. The van der Waals surface area contributed by atoms with Gasteiger partial charge in [-0.1, -0.05) is 18.2 Å². The van der Waals surface area contributed by atoms with Crippen LogP contribution in [0.4, 0.5) is 13.2 Å². The van der Waals surface area contributed by atoms with Gasteiger partial charge in [-0.15, -0.1) is 0 Å². The van der Waals surface area contributed by atoms with E-state index in [0.717, 1.165) is 12.1 Å². The van der Waals surface area contributed by atoms with Gasteiger partial charge in [-0.3, -0.25) is 0 Å². The van der Waals surface area contributed by atoms with E-state index in [1.54, 1.807) is 0 Å². The summed E-state index contributed by atoms with van der Waals surface area (Å²) in [5, 5.41) is 8.94. The Balaban J connectivity index is 2.31. The van der Waals surface area contributed by atoms with Crippen LogP contribution in [0.3, 0.4) is 0 Å². The second-order valence-corrected chi connectivity index (χ2v) is 5.02. The molecule has 0 aliphatic carbocycles. The SMILES string of the molecule is O=C(O)c1nc(Cc2cccc(C(F)(F)F)c2)ncc1Br. The van der Waals surface area contributed by atoms with E-state index in [1.165, 1.54) is 18.3 Å². The van der Waals surface area contributed by atoms with Crippen LogP contribution in [0.5, 0.6) is 0 Å². The molecule has 0 saturated carbocycles. The number of halogens is 4. The van der Waals surface area contributed by atoms with E-state index in [9.17, 15) is 18.0 Å². The van der Waals surface area contributed by atoms with Crippen molar-refractivity contribution in [2.75, 3.05) is 0 Å². The van der Waals surface area contributed by atoms with Gasteiger partial charge < -0.3 is 5.11 Å². The Bertz CT molecular complexity index is 689. The lowest BCUT2D eigenvalue weighted by atomic mass is 10.1. The normalized spacial score (nSPS) is 11.4. The average molecular weight is 361 g/mol. The molecule has 0 fully saturated rings. The van der Waals surface area contributed by atoms with Crippen molar-refractivity contribution >= 4 is 21.9 Å². The number of carbonyl (C=O) groups is 1. The van der Waals surface area contributed by atoms with Gasteiger partial charge in [-0.25, -0.2) is 14.8 Å². The zero-order valence-electron chi connectivity index (χ0n) is 10.4. The summed E-state index contributed by atoms with van der Waals surface area (Å²) in [6.45, 7) is 0. The van der Waals surface area contributed by atoms with E-state index in [4.69, 9.17) is 5.11 Å². The average Bonchev–Trinajstić information content (AvgIpc) is 2.40. The third kappa shape index (κ3) is 3.78. The van der Waals surface area contributed by atoms with Crippen molar-refractivity contribution in [1.82, 2.24) is 9.97 Å². The molecule has 8 heteroatoms. The van der Waals surface area contributed by atoms with E-state index >= 15 is 0 Å². The number of aromatic carboxylic acids is 1. The molecule has 1 N–H and O–H groups in total. The van der Waals surface area contributed by atoms with E-state index < -0.39 is 17.7 Å². The van der Waals surface area contributed by atoms with Crippen LogP contribution in [0.1, 0.15) is 27.4 Å². The fraction of sp³-hybridized carbons (Fsp3) is 0.154. The molecule has 2 aromatic rings. The monoisotopic (exact) mass is 360 g/mol. The first-order chi connectivity index (χ1) is 9.77. The summed E-state index contributed by atoms with van der Waals surface area (Å²) in [5.74, 6) is -1.11. The molecule has 1 heterocycles. The number of carboxylic acid groups (broad SMARTS) is 1. The largest absolute Gasteiger partial charge is 0.476 e. The Kier molecular flexibility index (Phi) is 4.26. The summed E-state index contributed by atoms with van der Waals surface area (Å²) >= 11 is 3.00. The molecule has 1 aromatic heterocycles. The second kappa shape index (κ2) is 5.80. The lowest BCUT2D eigenvalue weighted by Crippen LogP contribution is -2.08. The van der Waals surface area contributed by atoms with Gasteiger partial charge in [0.1, 0.15) is 5.82 Å². The molecule has 0 saturated heterocycles. The number of aromatic nitrogens is 2. The molecule has 0 unspecified atom stereocenters. The Morgan fingerprint density at radius 2 is 2.05 bits per heavy atom. The van der Waals surface area contributed by atoms with Gasteiger partial charge in [0.2, 0.25) is 0 Å². The fourth-order valence-electron chi connectivity index (χ4n) is 1.68. The lowest BCUT2D eigenvalue weighted by molar-refractivity contribution is -0.137. The molecule has 0 radical (unpaired) electrons. The Labute approximate surface area is 125 Å². The van der Waals surface area contributed by atoms with Crippen LogP contribution in [-0.2, 0) is 12.6 Å². The lowest BCUT2D eigenvalue weighted by Gasteiger charge is -2.08. The highest BCUT2D eigenvalue weighted by molar-refractivity contribution is 9.10. The number of rotatable bonds is 3. The van der Waals surface area contributed by atoms with Gasteiger partial charge >= 0.3 is 12.1 Å². The number of hydrogen-bond acceptors (Lipinski definition) is 3. The predicted molar refractivity (Wildman–Crippen MR) is 70.9 cm³/mol.